The summed E-state index contributed by atoms with van der Waals surface area (Å²) in [6, 6.07) is 9.89. The Hall–Kier alpha value is -1.34. The topological polar surface area (TPSA) is 32.3 Å². The zero-order valence-electron chi connectivity index (χ0n) is 12.3. The van der Waals surface area contributed by atoms with Crippen LogP contribution in [-0.4, -0.2) is 19.0 Å². The summed E-state index contributed by atoms with van der Waals surface area (Å²) in [7, 11) is 0. The first-order valence-corrected chi connectivity index (χ1v) is 8.82. The van der Waals surface area contributed by atoms with E-state index in [-0.39, 0.29) is 11.6 Å². The van der Waals surface area contributed by atoms with Gasteiger partial charge in [0, 0.05) is 21.7 Å². The van der Waals surface area contributed by atoms with Crippen molar-refractivity contribution >= 4 is 51.5 Å². The highest BCUT2D eigenvalue weighted by Gasteiger charge is 2.20. The fourth-order valence-corrected chi connectivity index (χ4v) is 3.83. The number of carbonyl (C=O) groups excluding carboxylic acids is 1. The second-order valence-corrected chi connectivity index (χ2v) is 7.01. The Morgan fingerprint density at radius 1 is 1.22 bits per heavy atom. The van der Waals surface area contributed by atoms with Crippen molar-refractivity contribution in [3.63, 3.8) is 0 Å². The molecule has 0 radical (unpaired) electrons. The van der Waals surface area contributed by atoms with E-state index in [0.29, 0.717) is 10.6 Å². The smallest absolute Gasteiger partial charge is 0.256 e. The van der Waals surface area contributed by atoms with Gasteiger partial charge in [-0.3, -0.25) is 4.79 Å². The fourth-order valence-electron chi connectivity index (χ4n) is 2.71. The molecule has 0 atom stereocenters. The molecule has 3 nitrogen and oxygen atoms in total. The summed E-state index contributed by atoms with van der Waals surface area (Å²) in [5.41, 5.74) is 1.45. The molecule has 1 N–H and O–H groups in total. The maximum Gasteiger partial charge on any atom is 0.256 e. The van der Waals surface area contributed by atoms with Crippen molar-refractivity contribution in [2.75, 3.05) is 23.3 Å². The van der Waals surface area contributed by atoms with Crippen LogP contribution in [0.5, 0.6) is 0 Å². The molecule has 1 amide bonds. The van der Waals surface area contributed by atoms with Crippen LogP contribution in [-0.2, 0) is 0 Å². The maximum absolute atomic E-state index is 14.3. The summed E-state index contributed by atoms with van der Waals surface area (Å²) in [6.45, 7) is 1.76. The number of nitrogens with zero attached hydrogens (tertiary/aromatic N) is 1. The zero-order chi connectivity index (χ0) is 16.4. The van der Waals surface area contributed by atoms with Crippen LogP contribution in [0.1, 0.15) is 23.2 Å². The average Bonchev–Trinajstić information content (AvgIpc) is 3.03. The largest absolute Gasteiger partial charge is 0.370 e. The van der Waals surface area contributed by atoms with E-state index in [1.54, 1.807) is 24.3 Å². The molecule has 1 aliphatic heterocycles. The third-order valence-electron chi connectivity index (χ3n) is 3.85. The summed E-state index contributed by atoms with van der Waals surface area (Å²) in [5.74, 6) is -0.761. The van der Waals surface area contributed by atoms with Crippen molar-refractivity contribution in [3.8, 4) is 0 Å². The number of carbonyl (C=O) groups is 1. The van der Waals surface area contributed by atoms with Crippen LogP contribution in [0, 0.1) is 9.39 Å². The van der Waals surface area contributed by atoms with Crippen LogP contribution < -0.4 is 10.2 Å². The predicted octanol–water partition coefficient (Wildman–Crippen LogP) is 4.94. The average molecular weight is 445 g/mol. The Balaban J connectivity index is 1.91. The standard InChI is InChI=1S/C17H15ClFIN2O/c18-11-6-7-12(14(20)10-11)17(23)21-16-13(19)4-3-5-15(16)22-8-1-2-9-22/h3-7,10H,1-2,8-9H2,(H,21,23). The molecule has 2 aromatic rings. The monoisotopic (exact) mass is 444 g/mol. The number of hydrogen-bond donors (Lipinski definition) is 1. The van der Waals surface area contributed by atoms with Gasteiger partial charge in [0.15, 0.2) is 0 Å². The first kappa shape index (κ1) is 16.5. The molecule has 23 heavy (non-hydrogen) atoms. The third-order valence-corrected chi connectivity index (χ3v) is 4.98. The van der Waals surface area contributed by atoms with Gasteiger partial charge in [-0.05, 0) is 65.8 Å². The lowest BCUT2D eigenvalue weighted by Crippen LogP contribution is -2.22. The van der Waals surface area contributed by atoms with Gasteiger partial charge in [0.1, 0.15) is 11.5 Å². The Kier molecular flexibility index (Phi) is 5.06. The fraction of sp³-hybridized carbons (Fsp3) is 0.235. The number of amides is 1. The lowest BCUT2D eigenvalue weighted by atomic mass is 10.2. The van der Waals surface area contributed by atoms with E-state index in [2.05, 4.69) is 10.2 Å². The van der Waals surface area contributed by atoms with Crippen molar-refractivity contribution in [1.29, 1.82) is 0 Å². The van der Waals surface area contributed by atoms with Gasteiger partial charge in [-0.1, -0.05) is 17.7 Å². The van der Waals surface area contributed by atoms with Crippen molar-refractivity contribution in [2.24, 2.45) is 0 Å². The van der Waals surface area contributed by atoms with E-state index in [4.69, 9.17) is 11.6 Å². The number of rotatable bonds is 3. The highest BCUT2D eigenvalue weighted by atomic mass is 127. The number of anilines is 2. The first-order chi connectivity index (χ1) is 11.1. The minimum absolute atomic E-state index is 0.241. The Morgan fingerprint density at radius 3 is 2.65 bits per heavy atom. The van der Waals surface area contributed by atoms with Gasteiger partial charge in [0.2, 0.25) is 0 Å². The second-order valence-electron chi connectivity index (χ2n) is 5.41. The summed E-state index contributed by atoms with van der Waals surface area (Å²) in [4.78, 5) is 14.6. The van der Waals surface area contributed by atoms with Crippen LogP contribution >= 0.6 is 34.2 Å². The molecule has 120 valence electrons. The number of para-hydroxylation sites is 1. The molecule has 6 heteroatoms. The SMILES string of the molecule is O=C(Nc1c(F)cccc1N1CCCC1)c1ccc(Cl)cc1I. The number of halogens is 3. The van der Waals surface area contributed by atoms with Gasteiger partial charge < -0.3 is 10.2 Å². The summed E-state index contributed by atoms with van der Waals surface area (Å²) >= 11 is 7.97. The van der Waals surface area contributed by atoms with Crippen molar-refractivity contribution in [1.82, 2.24) is 0 Å². The van der Waals surface area contributed by atoms with E-state index >= 15 is 0 Å². The molecule has 0 aromatic heterocycles. The highest BCUT2D eigenvalue weighted by molar-refractivity contribution is 14.1. The molecule has 1 saturated heterocycles. The molecule has 0 bridgehead atoms. The predicted molar refractivity (Wildman–Crippen MR) is 100.0 cm³/mol. The summed E-state index contributed by atoms with van der Waals surface area (Å²) < 4.78 is 15.0. The van der Waals surface area contributed by atoms with E-state index < -0.39 is 5.82 Å². The minimum atomic E-state index is -0.424. The van der Waals surface area contributed by atoms with Crippen LogP contribution in [0.15, 0.2) is 36.4 Å². The molecule has 1 aliphatic rings. The van der Waals surface area contributed by atoms with Gasteiger partial charge in [-0.15, -0.1) is 0 Å². The van der Waals surface area contributed by atoms with Crippen LogP contribution in [0.4, 0.5) is 15.8 Å². The number of nitrogens with one attached hydrogen (secondary N) is 1. The molecule has 0 aliphatic carbocycles. The van der Waals surface area contributed by atoms with Crippen molar-refractivity contribution in [2.45, 2.75) is 12.8 Å². The Bertz CT molecular complexity index is 747. The molecule has 3 rings (SSSR count). The van der Waals surface area contributed by atoms with E-state index in [1.165, 1.54) is 6.07 Å². The molecule has 0 spiro atoms. The Morgan fingerprint density at radius 2 is 1.96 bits per heavy atom. The van der Waals surface area contributed by atoms with Gasteiger partial charge >= 0.3 is 0 Å². The van der Waals surface area contributed by atoms with Crippen LogP contribution in [0.3, 0.4) is 0 Å². The lowest BCUT2D eigenvalue weighted by Gasteiger charge is -2.22. The van der Waals surface area contributed by atoms with Gasteiger partial charge in [-0.25, -0.2) is 4.39 Å². The van der Waals surface area contributed by atoms with Gasteiger partial charge in [-0.2, -0.15) is 0 Å². The normalized spacial score (nSPS) is 14.1. The lowest BCUT2D eigenvalue weighted by molar-refractivity contribution is 0.102. The molecular weight excluding hydrogens is 430 g/mol. The molecule has 1 heterocycles. The Labute approximate surface area is 153 Å². The van der Waals surface area contributed by atoms with Gasteiger partial charge in [0.25, 0.3) is 5.91 Å². The number of hydrogen-bond acceptors (Lipinski definition) is 2. The van der Waals surface area contributed by atoms with Crippen molar-refractivity contribution < 1.29 is 9.18 Å². The third kappa shape index (κ3) is 3.61. The maximum atomic E-state index is 14.3. The molecule has 2 aromatic carbocycles. The van der Waals surface area contributed by atoms with Crippen LogP contribution in [0.25, 0.3) is 0 Å². The molecular formula is C17H15ClFIN2O. The zero-order valence-corrected chi connectivity index (χ0v) is 15.2. The van der Waals surface area contributed by atoms with Gasteiger partial charge in [0.05, 0.1) is 11.3 Å². The first-order valence-electron chi connectivity index (χ1n) is 7.36. The van der Waals surface area contributed by atoms with Crippen LogP contribution in [0.2, 0.25) is 5.02 Å². The highest BCUT2D eigenvalue weighted by Crippen LogP contribution is 2.32. The van der Waals surface area contributed by atoms with E-state index in [1.807, 2.05) is 28.7 Å². The molecule has 0 saturated carbocycles. The minimum Gasteiger partial charge on any atom is -0.370 e. The second kappa shape index (κ2) is 7.05. The van der Waals surface area contributed by atoms with E-state index in [9.17, 15) is 9.18 Å². The number of benzene rings is 2. The van der Waals surface area contributed by atoms with E-state index in [0.717, 1.165) is 35.2 Å². The molecule has 0 unspecified atom stereocenters. The summed E-state index contributed by atoms with van der Waals surface area (Å²) in [5, 5.41) is 3.29. The quantitative estimate of drug-likeness (QED) is 0.681. The molecule has 1 fully saturated rings. The summed E-state index contributed by atoms with van der Waals surface area (Å²) in [6.07, 6.45) is 2.16. The van der Waals surface area contributed by atoms with Crippen molar-refractivity contribution in [3.05, 3.63) is 56.4 Å².